The van der Waals surface area contributed by atoms with Crippen LogP contribution in [0.4, 0.5) is 0 Å². The molecule has 0 spiro atoms. The van der Waals surface area contributed by atoms with E-state index in [4.69, 9.17) is 17.3 Å². The van der Waals surface area contributed by atoms with Crippen LogP contribution in [0, 0.1) is 5.92 Å². The first-order valence-corrected chi connectivity index (χ1v) is 9.18. The Morgan fingerprint density at radius 1 is 1.45 bits per heavy atom. The van der Waals surface area contributed by atoms with Gasteiger partial charge < -0.3 is 5.73 Å². The van der Waals surface area contributed by atoms with Gasteiger partial charge in [-0.25, -0.2) is 0 Å². The molecule has 0 aromatic carbocycles. The zero-order chi connectivity index (χ0) is 14.8. The Morgan fingerprint density at radius 2 is 2.10 bits per heavy atom. The number of rotatable bonds is 5. The summed E-state index contributed by atoms with van der Waals surface area (Å²) in [5.41, 5.74) is 5.63. The minimum Gasteiger partial charge on any atom is -0.330 e. The van der Waals surface area contributed by atoms with E-state index < -0.39 is 10.2 Å². The molecular weight excluding hydrogens is 318 g/mol. The van der Waals surface area contributed by atoms with Crippen molar-refractivity contribution in [1.82, 2.24) is 8.61 Å². The standard InChI is InChI=1S/C12H20ClN3O2S2/c1-15(9-11-2-3-12(13)19-11)20(17,18)16-6-4-10(8-14)5-7-16/h2-3,10H,4-9,14H2,1H3. The summed E-state index contributed by atoms with van der Waals surface area (Å²) in [6.45, 7) is 2.10. The van der Waals surface area contributed by atoms with E-state index in [1.165, 1.54) is 15.6 Å². The van der Waals surface area contributed by atoms with Gasteiger partial charge in [-0.05, 0) is 37.4 Å². The van der Waals surface area contributed by atoms with Crippen molar-refractivity contribution in [2.24, 2.45) is 11.7 Å². The maximum atomic E-state index is 12.5. The lowest BCUT2D eigenvalue weighted by Crippen LogP contribution is -2.46. The van der Waals surface area contributed by atoms with Crippen LogP contribution in [0.3, 0.4) is 0 Å². The maximum absolute atomic E-state index is 12.5. The summed E-state index contributed by atoms with van der Waals surface area (Å²) in [5, 5.41) is 0. The van der Waals surface area contributed by atoms with Gasteiger partial charge in [-0.3, -0.25) is 0 Å². The molecule has 2 rings (SSSR count). The van der Waals surface area contributed by atoms with Crippen molar-refractivity contribution >= 4 is 33.1 Å². The maximum Gasteiger partial charge on any atom is 0.282 e. The minimum absolute atomic E-state index is 0.358. The number of nitrogens with zero attached hydrogens (tertiary/aromatic N) is 2. The lowest BCUT2D eigenvalue weighted by molar-refractivity contribution is 0.262. The minimum atomic E-state index is -3.39. The third-order valence-electron chi connectivity index (χ3n) is 3.63. The van der Waals surface area contributed by atoms with E-state index in [-0.39, 0.29) is 0 Å². The molecule has 20 heavy (non-hydrogen) atoms. The van der Waals surface area contributed by atoms with Crippen molar-refractivity contribution in [3.05, 3.63) is 21.3 Å². The molecular formula is C12H20ClN3O2S2. The molecule has 0 amide bonds. The van der Waals surface area contributed by atoms with Crippen molar-refractivity contribution in [2.75, 3.05) is 26.7 Å². The topological polar surface area (TPSA) is 66.6 Å². The van der Waals surface area contributed by atoms with E-state index in [2.05, 4.69) is 0 Å². The van der Waals surface area contributed by atoms with Gasteiger partial charge in [-0.1, -0.05) is 11.6 Å². The Hall–Kier alpha value is -0.180. The monoisotopic (exact) mass is 337 g/mol. The lowest BCUT2D eigenvalue weighted by atomic mass is 9.99. The van der Waals surface area contributed by atoms with E-state index in [1.54, 1.807) is 17.4 Å². The molecule has 0 atom stereocenters. The summed E-state index contributed by atoms with van der Waals surface area (Å²) >= 11 is 7.27. The van der Waals surface area contributed by atoms with Gasteiger partial charge in [-0.15, -0.1) is 11.3 Å². The Balaban J connectivity index is 1.99. The van der Waals surface area contributed by atoms with E-state index in [0.29, 0.717) is 36.4 Å². The van der Waals surface area contributed by atoms with Crippen LogP contribution in [0.1, 0.15) is 17.7 Å². The molecule has 1 saturated heterocycles. The Kier molecular flexibility index (Phi) is 5.44. The molecule has 8 heteroatoms. The van der Waals surface area contributed by atoms with Crippen LogP contribution < -0.4 is 5.73 Å². The average Bonchev–Trinajstić information content (AvgIpc) is 2.84. The highest BCUT2D eigenvalue weighted by Crippen LogP contribution is 2.25. The summed E-state index contributed by atoms with van der Waals surface area (Å²) in [6.07, 6.45) is 1.68. The number of piperidine rings is 1. The van der Waals surface area contributed by atoms with Crippen LogP contribution in [-0.2, 0) is 16.8 Å². The van der Waals surface area contributed by atoms with E-state index in [1.807, 2.05) is 6.07 Å². The number of halogens is 1. The summed E-state index contributed by atoms with van der Waals surface area (Å²) < 4.78 is 28.6. The van der Waals surface area contributed by atoms with Crippen molar-refractivity contribution in [3.63, 3.8) is 0 Å². The van der Waals surface area contributed by atoms with Gasteiger partial charge in [0.1, 0.15) is 0 Å². The second-order valence-electron chi connectivity index (χ2n) is 5.05. The van der Waals surface area contributed by atoms with E-state index in [0.717, 1.165) is 17.7 Å². The number of nitrogens with two attached hydrogens (primary N) is 1. The highest BCUT2D eigenvalue weighted by atomic mass is 35.5. The molecule has 0 saturated carbocycles. The first-order chi connectivity index (χ1) is 9.43. The number of thiophene rings is 1. The van der Waals surface area contributed by atoms with Crippen LogP contribution in [0.25, 0.3) is 0 Å². The number of hydrogen-bond donors (Lipinski definition) is 1. The lowest BCUT2D eigenvalue weighted by Gasteiger charge is -2.33. The van der Waals surface area contributed by atoms with Crippen LogP contribution >= 0.6 is 22.9 Å². The Labute approximate surface area is 129 Å². The quantitative estimate of drug-likeness (QED) is 0.890. The first-order valence-electron chi connectivity index (χ1n) is 6.59. The molecule has 2 N–H and O–H groups in total. The van der Waals surface area contributed by atoms with E-state index in [9.17, 15) is 8.42 Å². The van der Waals surface area contributed by atoms with Gasteiger partial charge in [0.15, 0.2) is 0 Å². The second kappa shape index (κ2) is 6.72. The third kappa shape index (κ3) is 3.72. The highest BCUT2D eigenvalue weighted by Gasteiger charge is 2.30. The Bertz CT molecular complexity index is 539. The summed E-state index contributed by atoms with van der Waals surface area (Å²) in [7, 11) is -1.78. The van der Waals surface area contributed by atoms with Crippen LogP contribution in [0.5, 0.6) is 0 Å². The van der Waals surface area contributed by atoms with Gasteiger partial charge in [0.05, 0.1) is 4.34 Å². The molecule has 0 bridgehead atoms. The smallest absolute Gasteiger partial charge is 0.282 e. The molecule has 1 aromatic heterocycles. The highest BCUT2D eigenvalue weighted by molar-refractivity contribution is 7.86. The molecule has 1 fully saturated rings. The summed E-state index contributed by atoms with van der Waals surface area (Å²) in [4.78, 5) is 0.943. The predicted octanol–water partition coefficient (Wildman–Crippen LogP) is 1.75. The van der Waals surface area contributed by atoms with Crippen molar-refractivity contribution in [1.29, 1.82) is 0 Å². The second-order valence-corrected chi connectivity index (χ2v) is 8.88. The van der Waals surface area contributed by atoms with E-state index >= 15 is 0 Å². The van der Waals surface area contributed by atoms with Gasteiger partial charge >= 0.3 is 0 Å². The molecule has 5 nitrogen and oxygen atoms in total. The van der Waals surface area contributed by atoms with Crippen molar-refractivity contribution in [3.8, 4) is 0 Å². The molecule has 1 aromatic rings. The molecule has 0 aliphatic carbocycles. The van der Waals surface area contributed by atoms with Crippen molar-refractivity contribution < 1.29 is 8.42 Å². The van der Waals surface area contributed by atoms with Gasteiger partial charge in [0.25, 0.3) is 10.2 Å². The summed E-state index contributed by atoms with van der Waals surface area (Å²) in [6, 6.07) is 3.65. The molecule has 114 valence electrons. The fourth-order valence-corrected chi connectivity index (χ4v) is 4.90. The zero-order valence-corrected chi connectivity index (χ0v) is 13.8. The summed E-state index contributed by atoms with van der Waals surface area (Å²) in [5.74, 6) is 0.447. The third-order valence-corrected chi connectivity index (χ3v) is 6.78. The molecule has 0 radical (unpaired) electrons. The molecule has 1 aliphatic rings. The normalized spacial score (nSPS) is 18.8. The Morgan fingerprint density at radius 3 is 2.60 bits per heavy atom. The van der Waals surface area contributed by atoms with Crippen LogP contribution in [0.15, 0.2) is 12.1 Å². The largest absolute Gasteiger partial charge is 0.330 e. The molecule has 2 heterocycles. The zero-order valence-electron chi connectivity index (χ0n) is 11.5. The SMILES string of the molecule is CN(Cc1ccc(Cl)s1)S(=O)(=O)N1CCC(CN)CC1. The van der Waals surface area contributed by atoms with Gasteiger partial charge in [0.2, 0.25) is 0 Å². The van der Waals surface area contributed by atoms with Crippen LogP contribution in [0.2, 0.25) is 4.34 Å². The average molecular weight is 338 g/mol. The fraction of sp³-hybridized carbons (Fsp3) is 0.667. The fourth-order valence-electron chi connectivity index (χ4n) is 2.31. The molecule has 1 aliphatic heterocycles. The predicted molar refractivity (Wildman–Crippen MR) is 83.1 cm³/mol. The van der Waals surface area contributed by atoms with Crippen molar-refractivity contribution in [2.45, 2.75) is 19.4 Å². The molecule has 0 unspecified atom stereocenters. The van der Waals surface area contributed by atoms with Crippen LogP contribution in [-0.4, -0.2) is 43.7 Å². The number of hydrogen-bond acceptors (Lipinski definition) is 4. The first kappa shape index (κ1) is 16.2. The van der Waals surface area contributed by atoms with Gasteiger partial charge in [-0.2, -0.15) is 17.0 Å². The van der Waals surface area contributed by atoms with Gasteiger partial charge in [0, 0.05) is 31.6 Å².